The Hall–Kier alpha value is -1.08. The van der Waals surface area contributed by atoms with Crippen LogP contribution in [0.25, 0.3) is 10.2 Å². The van der Waals surface area contributed by atoms with Crippen LogP contribution in [0.3, 0.4) is 0 Å². The van der Waals surface area contributed by atoms with Crippen LogP contribution in [0.15, 0.2) is 18.2 Å². The molecule has 0 spiro atoms. The molecule has 2 aliphatic rings. The number of benzene rings is 1. The van der Waals surface area contributed by atoms with E-state index in [1.807, 2.05) is 18.2 Å². The van der Waals surface area contributed by atoms with Crippen molar-refractivity contribution in [1.82, 2.24) is 4.98 Å². The van der Waals surface area contributed by atoms with Gasteiger partial charge in [-0.1, -0.05) is 11.3 Å². The zero-order valence-electron chi connectivity index (χ0n) is 12.6. The normalized spacial score (nSPS) is 18.2. The number of thiazole rings is 1. The van der Waals surface area contributed by atoms with Crippen molar-refractivity contribution in [1.29, 1.82) is 0 Å². The molecule has 5 nitrogen and oxygen atoms in total. The number of hydrogen-bond donors (Lipinski definition) is 2. The van der Waals surface area contributed by atoms with Gasteiger partial charge in [0.25, 0.3) is 0 Å². The molecule has 126 valence electrons. The second kappa shape index (κ2) is 6.81. The van der Waals surface area contributed by atoms with Crippen molar-refractivity contribution in [3.63, 3.8) is 0 Å². The van der Waals surface area contributed by atoms with Gasteiger partial charge < -0.3 is 16.0 Å². The van der Waals surface area contributed by atoms with Gasteiger partial charge in [0, 0.05) is 18.8 Å². The first kappa shape index (κ1) is 18.3. The fourth-order valence-electron chi connectivity index (χ4n) is 2.65. The number of aromatic nitrogens is 1. The minimum Gasteiger partial charge on any atom is -0.348 e. The molecular weight excluding hydrogens is 355 g/mol. The molecule has 8 heteroatoms. The fraction of sp³-hybridized carbons (Fsp3) is 0.467. The first-order valence-electron chi connectivity index (χ1n) is 7.40. The second-order valence-corrected chi connectivity index (χ2v) is 6.99. The van der Waals surface area contributed by atoms with Crippen LogP contribution >= 0.6 is 36.2 Å². The first-order valence-corrected chi connectivity index (χ1v) is 8.22. The number of nitrogens with two attached hydrogens (primary N) is 1. The van der Waals surface area contributed by atoms with E-state index in [1.165, 1.54) is 12.8 Å². The molecule has 1 aliphatic heterocycles. The summed E-state index contributed by atoms with van der Waals surface area (Å²) in [7, 11) is 0. The molecule has 2 heterocycles. The van der Waals surface area contributed by atoms with Crippen LogP contribution in [0.5, 0.6) is 0 Å². The molecule has 0 radical (unpaired) electrons. The molecule has 1 aliphatic carbocycles. The molecule has 1 saturated carbocycles. The molecule has 2 aromatic rings. The Morgan fingerprint density at radius 3 is 2.61 bits per heavy atom. The van der Waals surface area contributed by atoms with Gasteiger partial charge >= 0.3 is 0 Å². The van der Waals surface area contributed by atoms with Crippen LogP contribution in [0.1, 0.15) is 25.7 Å². The van der Waals surface area contributed by atoms with Crippen molar-refractivity contribution in [2.75, 3.05) is 23.3 Å². The van der Waals surface area contributed by atoms with Gasteiger partial charge in [0.15, 0.2) is 5.13 Å². The highest BCUT2D eigenvalue weighted by Gasteiger charge is 2.45. The Morgan fingerprint density at radius 1 is 1.26 bits per heavy atom. The summed E-state index contributed by atoms with van der Waals surface area (Å²) in [6.45, 7) is 2.19. The highest BCUT2D eigenvalue weighted by atomic mass is 35.5. The van der Waals surface area contributed by atoms with E-state index in [1.54, 1.807) is 11.3 Å². The smallest absolute Gasteiger partial charge is 0.244 e. The molecule has 0 atom stereocenters. The van der Waals surface area contributed by atoms with E-state index < -0.39 is 5.54 Å². The maximum Gasteiger partial charge on any atom is 0.244 e. The third kappa shape index (κ3) is 3.55. The Balaban J connectivity index is 0.000000960. The van der Waals surface area contributed by atoms with Crippen LogP contribution in [0, 0.1) is 0 Å². The maximum absolute atomic E-state index is 12.0. The number of hydrogen-bond acceptors (Lipinski definition) is 5. The minimum absolute atomic E-state index is 0. The van der Waals surface area contributed by atoms with E-state index in [-0.39, 0.29) is 30.7 Å². The quantitative estimate of drug-likeness (QED) is 0.865. The molecule has 1 saturated heterocycles. The lowest BCUT2D eigenvalue weighted by atomic mass is 10.2. The third-order valence-electron chi connectivity index (χ3n) is 4.25. The number of carbonyl (C=O) groups excluding carboxylic acids is 1. The van der Waals surface area contributed by atoms with Gasteiger partial charge in [0.2, 0.25) is 5.91 Å². The molecule has 4 rings (SSSR count). The Morgan fingerprint density at radius 2 is 1.96 bits per heavy atom. The minimum atomic E-state index is -0.636. The molecule has 0 bridgehead atoms. The van der Waals surface area contributed by atoms with Crippen molar-refractivity contribution >= 4 is 63.1 Å². The molecule has 0 unspecified atom stereocenters. The van der Waals surface area contributed by atoms with E-state index in [0.29, 0.717) is 0 Å². The number of amides is 1. The summed E-state index contributed by atoms with van der Waals surface area (Å²) in [4.78, 5) is 19.0. The molecule has 2 fully saturated rings. The van der Waals surface area contributed by atoms with Crippen LogP contribution < -0.4 is 16.0 Å². The summed E-state index contributed by atoms with van der Waals surface area (Å²) in [5.41, 5.74) is 7.07. The predicted octanol–water partition coefficient (Wildman–Crippen LogP) is 3.17. The number of carbonyl (C=O) groups is 1. The summed E-state index contributed by atoms with van der Waals surface area (Å²) < 4.78 is 1.11. The lowest BCUT2D eigenvalue weighted by Gasteiger charge is -2.11. The van der Waals surface area contributed by atoms with Gasteiger partial charge in [-0.3, -0.25) is 4.79 Å². The van der Waals surface area contributed by atoms with Crippen LogP contribution in [0.4, 0.5) is 10.8 Å². The molecule has 1 aromatic heterocycles. The van der Waals surface area contributed by atoms with Crippen molar-refractivity contribution in [3.8, 4) is 0 Å². The Labute approximate surface area is 151 Å². The summed E-state index contributed by atoms with van der Waals surface area (Å²) >= 11 is 1.69. The predicted molar refractivity (Wildman–Crippen MR) is 100 cm³/mol. The largest absolute Gasteiger partial charge is 0.348 e. The number of rotatable bonds is 3. The summed E-state index contributed by atoms with van der Waals surface area (Å²) in [6.07, 6.45) is 4.05. The van der Waals surface area contributed by atoms with Crippen LogP contribution in [0.2, 0.25) is 0 Å². The van der Waals surface area contributed by atoms with Crippen molar-refractivity contribution in [2.24, 2.45) is 5.73 Å². The third-order valence-corrected chi connectivity index (χ3v) is 5.33. The topological polar surface area (TPSA) is 71.2 Å². The maximum atomic E-state index is 12.0. The average molecular weight is 375 g/mol. The summed E-state index contributed by atoms with van der Waals surface area (Å²) in [5, 5.41) is 4.00. The van der Waals surface area contributed by atoms with Gasteiger partial charge in [0.1, 0.15) is 0 Å². The van der Waals surface area contributed by atoms with Gasteiger partial charge in [-0.2, -0.15) is 0 Å². The molecule has 3 N–H and O–H groups in total. The van der Waals surface area contributed by atoms with Crippen molar-refractivity contribution < 1.29 is 4.79 Å². The first-order chi connectivity index (χ1) is 10.1. The standard InChI is InChI=1S/C15H18N4OS.2ClH/c16-15(5-6-15)13(20)17-10-3-4-11-12(9-10)21-14(18-11)19-7-1-2-8-19;;/h3-4,9H,1-2,5-8,16H2,(H,17,20);2*1H. The highest BCUT2D eigenvalue weighted by Crippen LogP contribution is 2.35. The summed E-state index contributed by atoms with van der Waals surface area (Å²) in [5.74, 6) is -0.0777. The van der Waals surface area contributed by atoms with E-state index >= 15 is 0 Å². The van der Waals surface area contributed by atoms with Crippen LogP contribution in [-0.2, 0) is 4.79 Å². The Bertz CT molecular complexity index is 711. The van der Waals surface area contributed by atoms with Crippen LogP contribution in [-0.4, -0.2) is 29.5 Å². The van der Waals surface area contributed by atoms with E-state index in [0.717, 1.165) is 47.0 Å². The van der Waals surface area contributed by atoms with Gasteiger partial charge in [-0.15, -0.1) is 24.8 Å². The summed E-state index contributed by atoms with van der Waals surface area (Å²) in [6, 6.07) is 5.87. The number of fused-ring (bicyclic) bond motifs is 1. The lowest BCUT2D eigenvalue weighted by molar-refractivity contribution is -0.118. The number of nitrogens with zero attached hydrogens (tertiary/aromatic N) is 2. The monoisotopic (exact) mass is 374 g/mol. The Kier molecular flexibility index (Phi) is 5.41. The van der Waals surface area contributed by atoms with Crippen molar-refractivity contribution in [3.05, 3.63) is 18.2 Å². The number of halogens is 2. The van der Waals surface area contributed by atoms with Crippen molar-refractivity contribution in [2.45, 2.75) is 31.2 Å². The zero-order chi connectivity index (χ0) is 14.4. The number of nitrogens with one attached hydrogen (secondary N) is 1. The highest BCUT2D eigenvalue weighted by molar-refractivity contribution is 7.22. The zero-order valence-corrected chi connectivity index (χ0v) is 15.0. The van der Waals surface area contributed by atoms with E-state index in [2.05, 4.69) is 15.2 Å². The van der Waals surface area contributed by atoms with Gasteiger partial charge in [-0.25, -0.2) is 4.98 Å². The SMILES string of the molecule is Cl.Cl.NC1(C(=O)Nc2ccc3nc(N4CCCC4)sc3c2)CC1. The van der Waals surface area contributed by atoms with Gasteiger partial charge in [0.05, 0.1) is 15.8 Å². The average Bonchev–Trinajstić information content (AvgIpc) is 2.94. The van der Waals surface area contributed by atoms with E-state index in [4.69, 9.17) is 5.73 Å². The van der Waals surface area contributed by atoms with Gasteiger partial charge in [-0.05, 0) is 43.9 Å². The molecule has 1 aromatic carbocycles. The number of anilines is 2. The fourth-order valence-corrected chi connectivity index (χ4v) is 3.71. The molecular formula is C15H20Cl2N4OS. The molecule has 23 heavy (non-hydrogen) atoms. The lowest BCUT2D eigenvalue weighted by Crippen LogP contribution is -2.37. The molecule has 1 amide bonds. The van der Waals surface area contributed by atoms with E-state index in [9.17, 15) is 4.79 Å². The second-order valence-electron chi connectivity index (χ2n) is 5.98.